The molecule has 0 saturated carbocycles. The molecule has 0 aromatic heterocycles. The average molecular weight is 247 g/mol. The van der Waals surface area contributed by atoms with Crippen molar-refractivity contribution in [2.75, 3.05) is 5.01 Å². The highest BCUT2D eigenvalue weighted by Gasteiger charge is 2.03. The molecule has 1 aromatic rings. The lowest BCUT2D eigenvalue weighted by Crippen LogP contribution is -2.28. The van der Waals surface area contributed by atoms with Crippen LogP contribution in [0.5, 0.6) is 0 Å². The third kappa shape index (κ3) is 4.43. The molecule has 1 rings (SSSR count). The number of halogens is 1. The Bertz CT molecular complexity index is 471. The van der Waals surface area contributed by atoms with E-state index < -0.39 is 5.83 Å². The van der Waals surface area contributed by atoms with Crippen LogP contribution in [0.4, 0.5) is 10.1 Å². The van der Waals surface area contributed by atoms with Crippen molar-refractivity contribution in [3.05, 3.63) is 65.8 Å². The predicted octanol–water partition coefficient (Wildman–Crippen LogP) is 2.99. The minimum atomic E-state index is -0.399. The zero-order valence-corrected chi connectivity index (χ0v) is 10.6. The van der Waals surface area contributed by atoms with Crippen LogP contribution in [0.25, 0.3) is 0 Å². The number of hydrogen-bond acceptors (Lipinski definition) is 3. The van der Waals surface area contributed by atoms with Crippen molar-refractivity contribution in [3.63, 3.8) is 0 Å². The van der Waals surface area contributed by atoms with Gasteiger partial charge in [-0.25, -0.2) is 10.2 Å². The highest BCUT2D eigenvalue weighted by molar-refractivity contribution is 5.50. The summed E-state index contributed by atoms with van der Waals surface area (Å²) in [6.07, 6.45) is 4.16. The number of hydrazine groups is 1. The molecule has 4 heteroatoms. The summed E-state index contributed by atoms with van der Waals surface area (Å²) in [4.78, 5) is 0. The average Bonchev–Trinajstić information content (AvgIpc) is 2.36. The van der Waals surface area contributed by atoms with Gasteiger partial charge >= 0.3 is 0 Å². The largest absolute Gasteiger partial charge is 0.402 e. The number of anilines is 1. The van der Waals surface area contributed by atoms with E-state index in [1.165, 1.54) is 23.2 Å². The molecule has 0 amide bonds. The Kier molecular flexibility index (Phi) is 5.14. The number of para-hydroxylation sites is 1. The fraction of sp³-hybridized carbons (Fsp3) is 0.143. The molecule has 0 aliphatic heterocycles. The lowest BCUT2D eigenvalue weighted by Gasteiger charge is -2.18. The van der Waals surface area contributed by atoms with E-state index in [2.05, 4.69) is 0 Å². The second kappa shape index (κ2) is 6.61. The van der Waals surface area contributed by atoms with Gasteiger partial charge in [-0.2, -0.15) is 0 Å². The minimum absolute atomic E-state index is 0.399. The molecule has 96 valence electrons. The van der Waals surface area contributed by atoms with Gasteiger partial charge in [0.2, 0.25) is 0 Å². The first-order valence-corrected chi connectivity index (χ1v) is 5.58. The van der Waals surface area contributed by atoms with Gasteiger partial charge in [0.25, 0.3) is 0 Å². The van der Waals surface area contributed by atoms with Crippen LogP contribution in [0.1, 0.15) is 13.8 Å². The fourth-order valence-corrected chi connectivity index (χ4v) is 1.32. The zero-order chi connectivity index (χ0) is 13.5. The van der Waals surface area contributed by atoms with Crippen molar-refractivity contribution in [2.24, 2.45) is 11.6 Å². The van der Waals surface area contributed by atoms with E-state index in [1.54, 1.807) is 13.8 Å². The maximum atomic E-state index is 13.5. The number of nitrogens with two attached hydrogens (primary N) is 2. The van der Waals surface area contributed by atoms with Crippen LogP contribution in [0.3, 0.4) is 0 Å². The molecule has 0 unspecified atom stereocenters. The molecule has 3 nitrogen and oxygen atoms in total. The quantitative estimate of drug-likeness (QED) is 0.488. The topological polar surface area (TPSA) is 55.3 Å². The van der Waals surface area contributed by atoms with Gasteiger partial charge in [-0.1, -0.05) is 18.2 Å². The Morgan fingerprint density at radius 2 is 1.78 bits per heavy atom. The van der Waals surface area contributed by atoms with Crippen molar-refractivity contribution in [2.45, 2.75) is 13.8 Å². The van der Waals surface area contributed by atoms with Gasteiger partial charge in [0, 0.05) is 11.4 Å². The molecule has 0 fully saturated rings. The van der Waals surface area contributed by atoms with Gasteiger partial charge in [-0.05, 0) is 44.2 Å². The van der Waals surface area contributed by atoms with Crippen molar-refractivity contribution in [3.8, 4) is 0 Å². The summed E-state index contributed by atoms with van der Waals surface area (Å²) in [5, 5.41) is 1.42. The summed E-state index contributed by atoms with van der Waals surface area (Å²) in [6.45, 7) is 3.43. The number of benzene rings is 1. The predicted molar refractivity (Wildman–Crippen MR) is 74.0 cm³/mol. The second-order valence-corrected chi connectivity index (χ2v) is 3.95. The Balaban J connectivity index is 2.84. The Labute approximate surface area is 107 Å². The molecule has 0 heterocycles. The van der Waals surface area contributed by atoms with E-state index in [0.717, 1.165) is 5.69 Å². The van der Waals surface area contributed by atoms with E-state index in [1.807, 2.05) is 30.3 Å². The van der Waals surface area contributed by atoms with E-state index in [0.29, 0.717) is 11.4 Å². The zero-order valence-electron chi connectivity index (χ0n) is 10.6. The van der Waals surface area contributed by atoms with Gasteiger partial charge in [0.05, 0.1) is 5.69 Å². The molecular weight excluding hydrogens is 229 g/mol. The lowest BCUT2D eigenvalue weighted by molar-refractivity contribution is 0.664. The highest BCUT2D eigenvalue weighted by Crippen LogP contribution is 2.15. The molecule has 1 aromatic carbocycles. The number of allylic oxidation sites excluding steroid dienone is 6. The normalized spacial score (nSPS) is 13.7. The summed E-state index contributed by atoms with van der Waals surface area (Å²) < 4.78 is 13.5. The third-order valence-electron chi connectivity index (χ3n) is 2.27. The van der Waals surface area contributed by atoms with Crippen LogP contribution in [-0.4, -0.2) is 0 Å². The van der Waals surface area contributed by atoms with E-state index in [9.17, 15) is 4.39 Å². The fourth-order valence-electron chi connectivity index (χ4n) is 1.32. The van der Waals surface area contributed by atoms with E-state index in [4.69, 9.17) is 11.6 Å². The molecule has 0 aliphatic rings. The molecule has 0 bridgehead atoms. The Morgan fingerprint density at radius 1 is 1.17 bits per heavy atom. The van der Waals surface area contributed by atoms with E-state index >= 15 is 0 Å². The third-order valence-corrected chi connectivity index (χ3v) is 2.27. The van der Waals surface area contributed by atoms with Gasteiger partial charge in [-0.15, -0.1) is 0 Å². The Hall–Kier alpha value is -2.07. The summed E-state index contributed by atoms with van der Waals surface area (Å²) in [7, 11) is 0. The van der Waals surface area contributed by atoms with Gasteiger partial charge in [0.1, 0.15) is 5.83 Å². The first-order valence-electron chi connectivity index (χ1n) is 5.58. The van der Waals surface area contributed by atoms with Crippen molar-refractivity contribution < 1.29 is 4.39 Å². The molecule has 0 saturated heterocycles. The SMILES string of the molecule is C\C(N)=C/C=C(F)\C=C(/C)N(N)c1ccccc1. The minimum Gasteiger partial charge on any atom is -0.402 e. The van der Waals surface area contributed by atoms with Crippen molar-refractivity contribution >= 4 is 5.69 Å². The standard InChI is InChI=1S/C14H18FN3/c1-11(16)8-9-13(15)10-12(2)18(17)14-6-4-3-5-7-14/h3-10H,16-17H2,1-2H3/b11-8+,12-10+,13-9+. The molecule has 4 N–H and O–H groups in total. The summed E-state index contributed by atoms with van der Waals surface area (Å²) >= 11 is 0. The van der Waals surface area contributed by atoms with Crippen LogP contribution in [0, 0.1) is 0 Å². The smallest absolute Gasteiger partial charge is 0.125 e. The number of nitrogens with zero attached hydrogens (tertiary/aromatic N) is 1. The highest BCUT2D eigenvalue weighted by atomic mass is 19.1. The molecular formula is C14H18FN3. The van der Waals surface area contributed by atoms with Gasteiger partial charge in [-0.3, -0.25) is 5.01 Å². The van der Waals surface area contributed by atoms with Crippen LogP contribution in [0.2, 0.25) is 0 Å². The van der Waals surface area contributed by atoms with Crippen LogP contribution in [-0.2, 0) is 0 Å². The summed E-state index contributed by atoms with van der Waals surface area (Å²) in [5.74, 6) is 5.47. The van der Waals surface area contributed by atoms with Crippen molar-refractivity contribution in [1.29, 1.82) is 0 Å². The molecule has 0 radical (unpaired) electrons. The molecule has 0 atom stereocenters. The van der Waals surface area contributed by atoms with Gasteiger partial charge in [0.15, 0.2) is 0 Å². The maximum Gasteiger partial charge on any atom is 0.125 e. The number of rotatable bonds is 4. The first kappa shape index (κ1) is 14.0. The lowest BCUT2D eigenvalue weighted by atomic mass is 10.3. The van der Waals surface area contributed by atoms with Crippen molar-refractivity contribution in [1.82, 2.24) is 0 Å². The monoisotopic (exact) mass is 247 g/mol. The number of hydrogen-bond donors (Lipinski definition) is 2. The van der Waals surface area contributed by atoms with Crippen LogP contribution >= 0.6 is 0 Å². The molecule has 0 aliphatic carbocycles. The summed E-state index contributed by atoms with van der Waals surface area (Å²) in [5.41, 5.74) is 7.35. The van der Waals surface area contributed by atoms with Gasteiger partial charge < -0.3 is 5.73 Å². The molecule has 0 spiro atoms. The Morgan fingerprint density at radius 3 is 2.33 bits per heavy atom. The second-order valence-electron chi connectivity index (χ2n) is 3.95. The first-order chi connectivity index (χ1) is 8.50. The summed E-state index contributed by atoms with van der Waals surface area (Å²) in [6, 6.07) is 9.34. The molecule has 18 heavy (non-hydrogen) atoms. The maximum absolute atomic E-state index is 13.5. The van der Waals surface area contributed by atoms with Crippen LogP contribution < -0.4 is 16.6 Å². The van der Waals surface area contributed by atoms with Crippen LogP contribution in [0.15, 0.2) is 65.8 Å². The van der Waals surface area contributed by atoms with E-state index in [-0.39, 0.29) is 0 Å².